The Hall–Kier alpha value is -2.44. The lowest BCUT2D eigenvalue weighted by Gasteiger charge is -2.45. The van der Waals surface area contributed by atoms with Crippen molar-refractivity contribution in [3.8, 4) is 5.75 Å². The molecular weight excluding hydrogens is 493 g/mol. The predicted octanol–water partition coefficient (Wildman–Crippen LogP) is 10.3. The van der Waals surface area contributed by atoms with Crippen molar-refractivity contribution in [2.75, 3.05) is 6.16 Å². The Morgan fingerprint density at radius 2 is 1.38 bits per heavy atom. The highest BCUT2D eigenvalue weighted by Gasteiger charge is 2.57. The molecule has 0 spiro atoms. The summed E-state index contributed by atoms with van der Waals surface area (Å²) in [7, 11) is -0.537. The van der Waals surface area contributed by atoms with Gasteiger partial charge in [-0.05, 0) is 60.6 Å². The van der Waals surface area contributed by atoms with E-state index < -0.39 is 7.92 Å². The van der Waals surface area contributed by atoms with Gasteiger partial charge in [0.2, 0.25) is 0 Å². The van der Waals surface area contributed by atoms with Crippen LogP contribution in [0.25, 0.3) is 0 Å². The lowest BCUT2D eigenvalue weighted by Crippen LogP contribution is -2.44. The van der Waals surface area contributed by atoms with E-state index in [1.807, 2.05) is 0 Å². The smallest absolute Gasteiger partial charge is 0.123 e. The lowest BCUT2D eigenvalue weighted by atomic mass is 9.60. The first-order valence-corrected chi connectivity index (χ1v) is 15.9. The summed E-state index contributed by atoms with van der Waals surface area (Å²) >= 11 is 0. The van der Waals surface area contributed by atoms with Crippen LogP contribution in [-0.4, -0.2) is 21.9 Å². The van der Waals surface area contributed by atoms with Gasteiger partial charge in [0.1, 0.15) is 5.75 Å². The molecule has 1 heterocycles. The third-order valence-corrected chi connectivity index (χ3v) is 12.2. The minimum Gasteiger partial charge on any atom is -0.507 e. The fourth-order valence-electron chi connectivity index (χ4n) is 6.76. The minimum atomic E-state index is -0.537. The lowest BCUT2D eigenvalue weighted by molar-refractivity contribution is 0.252. The molecule has 0 aromatic heterocycles. The van der Waals surface area contributed by atoms with Crippen molar-refractivity contribution in [2.24, 2.45) is 10.4 Å². The molecule has 39 heavy (non-hydrogen) atoms. The van der Waals surface area contributed by atoms with Crippen LogP contribution in [0.2, 0.25) is 0 Å². The second-order valence-electron chi connectivity index (χ2n) is 14.1. The summed E-state index contributed by atoms with van der Waals surface area (Å²) in [6.07, 6.45) is 2.11. The van der Waals surface area contributed by atoms with Crippen LogP contribution in [0.4, 0.5) is 5.69 Å². The molecule has 1 aliphatic rings. The molecule has 0 radical (unpaired) electrons. The zero-order valence-electron chi connectivity index (χ0n) is 26.0. The third kappa shape index (κ3) is 5.11. The Kier molecular flexibility index (Phi) is 7.72. The van der Waals surface area contributed by atoms with Crippen LogP contribution in [0, 0.1) is 26.2 Å². The average Bonchev–Trinajstić information content (AvgIpc) is 3.22. The summed E-state index contributed by atoms with van der Waals surface area (Å²) in [5.74, 6) is 0.428. The van der Waals surface area contributed by atoms with Gasteiger partial charge in [-0.1, -0.05) is 130 Å². The van der Waals surface area contributed by atoms with Crippen molar-refractivity contribution in [1.82, 2.24) is 0 Å². The molecule has 1 N–H and O–H groups in total. The number of hydrogen-bond acceptors (Lipinski definition) is 2. The number of nitrogens with zero attached hydrogens (tertiary/aromatic N) is 1. The second-order valence-corrected chi connectivity index (χ2v) is 17.2. The van der Waals surface area contributed by atoms with Gasteiger partial charge in [-0.15, -0.1) is 0 Å². The van der Waals surface area contributed by atoms with Gasteiger partial charge >= 0.3 is 0 Å². The second kappa shape index (κ2) is 10.2. The van der Waals surface area contributed by atoms with Gasteiger partial charge < -0.3 is 5.11 Å². The van der Waals surface area contributed by atoms with Gasteiger partial charge in [-0.2, -0.15) is 0 Å². The van der Waals surface area contributed by atoms with E-state index in [1.165, 1.54) is 27.7 Å². The number of phenols is 1. The first-order chi connectivity index (χ1) is 18.0. The van der Waals surface area contributed by atoms with E-state index in [1.54, 1.807) is 0 Å². The maximum Gasteiger partial charge on any atom is 0.123 e. The van der Waals surface area contributed by atoms with Crippen LogP contribution in [-0.2, 0) is 10.8 Å². The Bertz CT molecular complexity index is 1360. The molecule has 3 aromatic rings. The third-order valence-electron chi connectivity index (χ3n) is 8.96. The van der Waals surface area contributed by atoms with Crippen LogP contribution < -0.4 is 0 Å². The Morgan fingerprint density at radius 3 is 1.92 bits per heavy atom. The van der Waals surface area contributed by atoms with Crippen molar-refractivity contribution < 1.29 is 5.11 Å². The predicted molar refractivity (Wildman–Crippen MR) is 172 cm³/mol. The topological polar surface area (TPSA) is 32.6 Å². The maximum absolute atomic E-state index is 12.2. The zero-order chi connectivity index (χ0) is 29.0. The molecule has 2 unspecified atom stereocenters. The minimum absolute atomic E-state index is 0.115. The van der Waals surface area contributed by atoms with E-state index in [-0.39, 0.29) is 21.4 Å². The molecule has 4 rings (SSSR count). The normalized spacial score (nSPS) is 21.5. The molecule has 1 fully saturated rings. The Balaban J connectivity index is 2.05. The van der Waals surface area contributed by atoms with Crippen molar-refractivity contribution in [3.63, 3.8) is 0 Å². The summed E-state index contributed by atoms with van der Waals surface area (Å²) in [4.78, 5) is 5.67. The maximum atomic E-state index is 12.2. The van der Waals surface area contributed by atoms with Gasteiger partial charge in [-0.3, -0.25) is 4.99 Å². The number of aromatic hydroxyl groups is 1. The fraction of sp³-hybridized carbons (Fsp3) is 0.472. The van der Waals surface area contributed by atoms with Gasteiger partial charge in [0.15, 0.2) is 0 Å². The number of aryl methyl sites for hydroxylation is 3. The molecular formula is C36H48NOP. The van der Waals surface area contributed by atoms with Crippen LogP contribution in [0.15, 0.2) is 65.7 Å². The van der Waals surface area contributed by atoms with Crippen molar-refractivity contribution in [3.05, 3.63) is 94.0 Å². The van der Waals surface area contributed by atoms with E-state index in [0.29, 0.717) is 5.75 Å². The zero-order valence-corrected chi connectivity index (χ0v) is 26.9. The standard InChI is InChI=1S/C36H48NOP/c1-24-22-25(2)30(26(3)23-24)37-32-36(33(4,5)6,20-21-39(32)34(7,8)9)29-19-15-18-28(31(29)38)35(10,11)27-16-13-12-14-17-27/h12-19,22-23,38H,20-21H2,1-11H3. The van der Waals surface area contributed by atoms with Crippen molar-refractivity contribution in [1.29, 1.82) is 0 Å². The molecule has 3 heteroatoms. The monoisotopic (exact) mass is 541 g/mol. The first-order valence-electron chi connectivity index (χ1n) is 14.3. The van der Waals surface area contributed by atoms with Crippen LogP contribution in [0.3, 0.4) is 0 Å². The van der Waals surface area contributed by atoms with E-state index >= 15 is 0 Å². The average molecular weight is 542 g/mol. The quantitative estimate of drug-likeness (QED) is 0.327. The summed E-state index contributed by atoms with van der Waals surface area (Å²) < 4.78 is 0. The summed E-state index contributed by atoms with van der Waals surface area (Å²) in [6.45, 7) is 25.1. The van der Waals surface area contributed by atoms with E-state index in [9.17, 15) is 5.11 Å². The summed E-state index contributed by atoms with van der Waals surface area (Å²) in [5, 5.41) is 12.4. The number of benzene rings is 3. The molecule has 0 saturated carbocycles. The van der Waals surface area contributed by atoms with E-state index in [2.05, 4.69) is 137 Å². The van der Waals surface area contributed by atoms with Crippen molar-refractivity contribution >= 4 is 19.1 Å². The van der Waals surface area contributed by atoms with Gasteiger partial charge in [0.25, 0.3) is 0 Å². The van der Waals surface area contributed by atoms with Crippen LogP contribution in [0.1, 0.15) is 95.2 Å². The fourth-order valence-corrected chi connectivity index (χ4v) is 10.1. The molecule has 208 valence electrons. The van der Waals surface area contributed by atoms with Crippen molar-refractivity contribution in [2.45, 2.75) is 98.6 Å². The molecule has 3 aromatic carbocycles. The van der Waals surface area contributed by atoms with E-state index in [0.717, 1.165) is 29.4 Å². The highest BCUT2D eigenvalue weighted by molar-refractivity contribution is 7.77. The van der Waals surface area contributed by atoms with Gasteiger partial charge in [0, 0.05) is 22.0 Å². The Morgan fingerprint density at radius 1 is 0.795 bits per heavy atom. The molecule has 0 bridgehead atoms. The molecule has 0 amide bonds. The number of aliphatic imine (C=N–C) groups is 1. The number of phenolic OH excluding ortho intramolecular Hbond substituents is 1. The molecule has 2 nitrogen and oxygen atoms in total. The Labute approximate surface area is 238 Å². The molecule has 1 aliphatic heterocycles. The molecule has 1 saturated heterocycles. The molecule has 0 aliphatic carbocycles. The number of rotatable bonds is 4. The SMILES string of the molecule is Cc1cc(C)c(N=C2P(C(C)(C)C)CCC2(c2cccc(C(C)(C)c3ccccc3)c2O)C(C)(C)C)c(C)c1. The number of para-hydroxylation sites is 1. The van der Waals surface area contributed by atoms with Gasteiger partial charge in [0.05, 0.1) is 11.1 Å². The summed E-state index contributed by atoms with van der Waals surface area (Å²) in [6, 6.07) is 21.5. The largest absolute Gasteiger partial charge is 0.507 e. The van der Waals surface area contributed by atoms with Crippen LogP contribution in [0.5, 0.6) is 5.75 Å². The first kappa shape index (κ1) is 29.5. The summed E-state index contributed by atoms with van der Waals surface area (Å²) in [5.41, 5.74) is 8.46. The highest BCUT2D eigenvalue weighted by atomic mass is 31.1. The number of hydrogen-bond donors (Lipinski definition) is 1. The highest BCUT2D eigenvalue weighted by Crippen LogP contribution is 2.68. The van der Waals surface area contributed by atoms with Gasteiger partial charge in [-0.25, -0.2) is 0 Å². The van der Waals surface area contributed by atoms with Crippen LogP contribution >= 0.6 is 7.92 Å². The van der Waals surface area contributed by atoms with E-state index in [4.69, 9.17) is 4.99 Å². The molecule has 2 atom stereocenters.